The molecule has 0 heterocycles. The van der Waals surface area contributed by atoms with Crippen molar-refractivity contribution in [3.8, 4) is 22.6 Å². The van der Waals surface area contributed by atoms with E-state index in [1.54, 1.807) is 31.4 Å². The fraction of sp³-hybridized carbons (Fsp3) is 0.350. The van der Waals surface area contributed by atoms with Gasteiger partial charge in [0.1, 0.15) is 17.3 Å². The van der Waals surface area contributed by atoms with Gasteiger partial charge in [-0.1, -0.05) is 13.8 Å². The minimum atomic E-state index is -1.12. The smallest absolute Gasteiger partial charge is 0.405 e. The number of hydrogen-bond donors (Lipinski definition) is 2. The highest BCUT2D eigenvalue weighted by Crippen LogP contribution is 2.47. The molecular weight excluding hydrogens is 337 g/mol. The zero-order valence-electron chi connectivity index (χ0n) is 15.2. The summed E-state index contributed by atoms with van der Waals surface area (Å²) in [4.78, 5) is 11.1. The van der Waals surface area contributed by atoms with E-state index in [1.807, 2.05) is 13.8 Å². The molecule has 0 radical (unpaired) electrons. The van der Waals surface area contributed by atoms with Gasteiger partial charge in [0, 0.05) is 11.1 Å². The summed E-state index contributed by atoms with van der Waals surface area (Å²) in [6.07, 6.45) is -0.470. The second-order valence-corrected chi connectivity index (χ2v) is 7.14. The molecule has 2 aromatic rings. The second kappa shape index (κ2) is 6.52. The Morgan fingerprint density at radius 3 is 2.54 bits per heavy atom. The van der Waals surface area contributed by atoms with Crippen molar-refractivity contribution in [1.29, 1.82) is 0 Å². The van der Waals surface area contributed by atoms with Crippen LogP contribution in [0.4, 0.5) is 9.18 Å². The lowest BCUT2D eigenvalue weighted by molar-refractivity contribution is 0.175. The number of nitrogens with one attached hydrogen (secondary N) is 1. The summed E-state index contributed by atoms with van der Waals surface area (Å²) in [5.41, 5.74) is 2.27. The van der Waals surface area contributed by atoms with E-state index < -0.39 is 18.0 Å². The summed E-state index contributed by atoms with van der Waals surface area (Å²) >= 11 is 0. The van der Waals surface area contributed by atoms with Crippen LogP contribution in [-0.4, -0.2) is 25.4 Å². The molecular formula is C20H22FNO4. The van der Waals surface area contributed by atoms with E-state index in [9.17, 15) is 9.18 Å². The van der Waals surface area contributed by atoms with Crippen LogP contribution in [0.25, 0.3) is 11.1 Å². The molecule has 26 heavy (non-hydrogen) atoms. The predicted molar refractivity (Wildman–Crippen MR) is 96.3 cm³/mol. The van der Waals surface area contributed by atoms with E-state index in [4.69, 9.17) is 14.6 Å². The molecule has 0 spiro atoms. The lowest BCUT2D eigenvalue weighted by Gasteiger charge is -2.27. The number of carboxylic acid groups (broad SMARTS) is 1. The van der Waals surface area contributed by atoms with Crippen LogP contribution in [-0.2, 0) is 6.42 Å². The third kappa shape index (κ3) is 3.07. The Balaban J connectivity index is 2.13. The van der Waals surface area contributed by atoms with Gasteiger partial charge in [-0.15, -0.1) is 0 Å². The molecule has 1 unspecified atom stereocenters. The first kappa shape index (κ1) is 18.0. The van der Waals surface area contributed by atoms with E-state index in [1.165, 1.54) is 13.2 Å². The van der Waals surface area contributed by atoms with Gasteiger partial charge in [-0.25, -0.2) is 9.18 Å². The van der Waals surface area contributed by atoms with Crippen LogP contribution in [0.5, 0.6) is 11.5 Å². The molecule has 0 aromatic heterocycles. The van der Waals surface area contributed by atoms with Crippen molar-refractivity contribution in [3.63, 3.8) is 0 Å². The Kier molecular flexibility index (Phi) is 4.52. The van der Waals surface area contributed by atoms with E-state index in [2.05, 4.69) is 5.32 Å². The van der Waals surface area contributed by atoms with Gasteiger partial charge in [0.05, 0.1) is 20.3 Å². The number of amides is 1. The van der Waals surface area contributed by atoms with Crippen LogP contribution in [0.15, 0.2) is 30.3 Å². The molecule has 1 aliphatic carbocycles. The maximum absolute atomic E-state index is 15.0. The molecule has 0 saturated heterocycles. The van der Waals surface area contributed by atoms with Gasteiger partial charge in [-0.3, -0.25) is 0 Å². The van der Waals surface area contributed by atoms with Crippen LogP contribution in [0.3, 0.4) is 0 Å². The minimum Gasteiger partial charge on any atom is -0.497 e. The molecule has 3 rings (SSSR count). The standard InChI is InChI=1S/C20H22FNO4/c1-20(2)10-11-7-14(15-8-12(25-3)5-6-17(15)26-4)16(21)9-13(11)18(20)22-19(23)24/h5-9,18,22H,10H2,1-4H3,(H,23,24). The fourth-order valence-corrected chi connectivity index (χ4v) is 3.70. The average molecular weight is 359 g/mol. The SMILES string of the molecule is COc1ccc(OC)c(-c2cc3c(cc2F)C(NC(=O)O)C(C)(C)C3)c1. The highest BCUT2D eigenvalue weighted by atomic mass is 19.1. The lowest BCUT2D eigenvalue weighted by Crippen LogP contribution is -2.34. The quantitative estimate of drug-likeness (QED) is 0.849. The molecule has 1 atom stereocenters. The van der Waals surface area contributed by atoms with Gasteiger partial charge in [0.15, 0.2) is 0 Å². The molecule has 0 bridgehead atoms. The monoisotopic (exact) mass is 359 g/mol. The zero-order valence-corrected chi connectivity index (χ0v) is 15.2. The van der Waals surface area contributed by atoms with Crippen LogP contribution in [0.1, 0.15) is 31.0 Å². The number of carbonyl (C=O) groups is 1. The van der Waals surface area contributed by atoms with Crippen molar-refractivity contribution >= 4 is 6.09 Å². The van der Waals surface area contributed by atoms with Gasteiger partial charge < -0.3 is 19.9 Å². The first-order valence-electron chi connectivity index (χ1n) is 8.31. The highest BCUT2D eigenvalue weighted by Gasteiger charge is 2.40. The third-order valence-corrected chi connectivity index (χ3v) is 4.93. The third-order valence-electron chi connectivity index (χ3n) is 4.93. The second-order valence-electron chi connectivity index (χ2n) is 7.14. The van der Waals surface area contributed by atoms with Crippen molar-refractivity contribution in [2.45, 2.75) is 26.3 Å². The molecule has 1 amide bonds. The Morgan fingerprint density at radius 2 is 1.92 bits per heavy atom. The Hall–Kier alpha value is -2.76. The summed E-state index contributed by atoms with van der Waals surface area (Å²) in [7, 11) is 3.09. The largest absolute Gasteiger partial charge is 0.497 e. The predicted octanol–water partition coefficient (Wildman–Crippen LogP) is 4.40. The first-order valence-corrected chi connectivity index (χ1v) is 8.31. The number of ether oxygens (including phenoxy) is 2. The highest BCUT2D eigenvalue weighted by molar-refractivity contribution is 5.74. The average Bonchev–Trinajstić information content (AvgIpc) is 2.83. The maximum atomic E-state index is 15.0. The van der Waals surface area contributed by atoms with E-state index in [0.717, 1.165) is 5.56 Å². The lowest BCUT2D eigenvalue weighted by atomic mass is 9.85. The van der Waals surface area contributed by atoms with Crippen molar-refractivity contribution < 1.29 is 23.8 Å². The van der Waals surface area contributed by atoms with Crippen LogP contribution < -0.4 is 14.8 Å². The molecule has 138 valence electrons. The molecule has 1 aliphatic rings. The van der Waals surface area contributed by atoms with Crippen LogP contribution >= 0.6 is 0 Å². The Labute approximate surface area is 151 Å². The van der Waals surface area contributed by atoms with Crippen molar-refractivity contribution in [2.24, 2.45) is 5.41 Å². The Morgan fingerprint density at radius 1 is 1.19 bits per heavy atom. The van der Waals surface area contributed by atoms with Crippen molar-refractivity contribution in [3.05, 3.63) is 47.3 Å². The van der Waals surface area contributed by atoms with Crippen molar-refractivity contribution in [1.82, 2.24) is 5.32 Å². The number of fused-ring (bicyclic) bond motifs is 1. The van der Waals surface area contributed by atoms with Crippen LogP contribution in [0, 0.1) is 11.2 Å². The van der Waals surface area contributed by atoms with Gasteiger partial charge in [0.2, 0.25) is 0 Å². The van der Waals surface area contributed by atoms with Crippen molar-refractivity contribution in [2.75, 3.05) is 14.2 Å². The number of hydrogen-bond acceptors (Lipinski definition) is 3. The van der Waals surface area contributed by atoms with Crippen LogP contribution in [0.2, 0.25) is 0 Å². The minimum absolute atomic E-state index is 0.343. The zero-order chi connectivity index (χ0) is 19.1. The number of rotatable bonds is 4. The normalized spacial score (nSPS) is 17.5. The van der Waals surface area contributed by atoms with Gasteiger partial charge in [0.25, 0.3) is 0 Å². The number of benzene rings is 2. The molecule has 6 heteroatoms. The molecule has 0 aliphatic heterocycles. The molecule has 2 aromatic carbocycles. The van der Waals surface area contributed by atoms with Gasteiger partial charge >= 0.3 is 6.09 Å². The summed E-state index contributed by atoms with van der Waals surface area (Å²) in [5.74, 6) is 0.721. The Bertz CT molecular complexity index is 863. The number of halogens is 1. The van der Waals surface area contributed by atoms with E-state index in [0.29, 0.717) is 34.6 Å². The van der Waals surface area contributed by atoms with E-state index >= 15 is 0 Å². The summed E-state index contributed by atoms with van der Waals surface area (Å²) in [6.45, 7) is 3.94. The summed E-state index contributed by atoms with van der Waals surface area (Å²) in [5, 5.41) is 11.6. The topological polar surface area (TPSA) is 67.8 Å². The number of methoxy groups -OCH3 is 2. The van der Waals surface area contributed by atoms with E-state index in [-0.39, 0.29) is 5.41 Å². The molecule has 0 fully saturated rings. The van der Waals surface area contributed by atoms with Gasteiger partial charge in [-0.2, -0.15) is 0 Å². The first-order chi connectivity index (χ1) is 12.3. The fourth-order valence-electron chi connectivity index (χ4n) is 3.70. The maximum Gasteiger partial charge on any atom is 0.405 e. The summed E-state index contributed by atoms with van der Waals surface area (Å²) < 4.78 is 25.6. The molecule has 5 nitrogen and oxygen atoms in total. The molecule has 0 saturated carbocycles. The van der Waals surface area contributed by atoms with Gasteiger partial charge in [-0.05, 0) is 53.3 Å². The molecule has 2 N–H and O–H groups in total. The summed E-state index contributed by atoms with van der Waals surface area (Å²) in [6, 6.07) is 7.98.